The standard InChI is InChI=1S/C14H15ClN2O2S/c1-9-5-13(20-10(9)2)8-16-7-11-3-4-12(17(18)19)6-14(11)15/h3-6,16H,7-8H2,1-2H3. The number of aryl methyl sites for hydroxylation is 2. The Balaban J connectivity index is 1.95. The fraction of sp³-hybridized carbons (Fsp3) is 0.286. The Kier molecular flexibility index (Phi) is 4.75. The lowest BCUT2D eigenvalue weighted by Crippen LogP contribution is -2.12. The number of benzene rings is 1. The number of nitro groups is 1. The Labute approximate surface area is 126 Å². The minimum Gasteiger partial charge on any atom is -0.308 e. The molecule has 0 radical (unpaired) electrons. The Morgan fingerprint density at radius 3 is 2.60 bits per heavy atom. The van der Waals surface area contributed by atoms with Crippen LogP contribution >= 0.6 is 22.9 Å². The van der Waals surface area contributed by atoms with Crippen LogP contribution in [0.15, 0.2) is 24.3 Å². The van der Waals surface area contributed by atoms with E-state index in [1.54, 1.807) is 17.4 Å². The highest BCUT2D eigenvalue weighted by Gasteiger charge is 2.09. The van der Waals surface area contributed by atoms with Crippen molar-refractivity contribution in [2.45, 2.75) is 26.9 Å². The molecule has 0 atom stereocenters. The normalized spacial score (nSPS) is 10.8. The molecule has 2 rings (SSSR count). The van der Waals surface area contributed by atoms with E-state index in [9.17, 15) is 10.1 Å². The van der Waals surface area contributed by atoms with Gasteiger partial charge in [-0.1, -0.05) is 11.6 Å². The summed E-state index contributed by atoms with van der Waals surface area (Å²) in [4.78, 5) is 12.8. The van der Waals surface area contributed by atoms with E-state index >= 15 is 0 Å². The number of nitro benzene ring substituents is 1. The van der Waals surface area contributed by atoms with E-state index in [0.29, 0.717) is 11.6 Å². The topological polar surface area (TPSA) is 55.2 Å². The second-order valence-corrected chi connectivity index (χ2v) is 6.34. The van der Waals surface area contributed by atoms with Gasteiger partial charge in [0, 0.05) is 35.0 Å². The maximum atomic E-state index is 10.6. The number of nitrogens with zero attached hydrogens (tertiary/aromatic N) is 1. The molecule has 1 N–H and O–H groups in total. The van der Waals surface area contributed by atoms with Gasteiger partial charge < -0.3 is 5.32 Å². The number of thiophene rings is 1. The van der Waals surface area contributed by atoms with Crippen molar-refractivity contribution < 1.29 is 4.92 Å². The van der Waals surface area contributed by atoms with Crippen molar-refractivity contribution in [3.8, 4) is 0 Å². The lowest BCUT2D eigenvalue weighted by Gasteiger charge is -2.05. The molecule has 0 fully saturated rings. The van der Waals surface area contributed by atoms with Crippen LogP contribution in [0.2, 0.25) is 5.02 Å². The zero-order valence-corrected chi connectivity index (χ0v) is 12.8. The molecule has 0 aliphatic heterocycles. The third-order valence-electron chi connectivity index (χ3n) is 3.08. The predicted molar refractivity (Wildman–Crippen MR) is 82.4 cm³/mol. The molecule has 0 bridgehead atoms. The third kappa shape index (κ3) is 3.56. The SMILES string of the molecule is Cc1cc(CNCc2ccc([N+](=O)[O-])cc2Cl)sc1C. The number of rotatable bonds is 5. The van der Waals surface area contributed by atoms with E-state index in [1.165, 1.54) is 27.5 Å². The van der Waals surface area contributed by atoms with E-state index in [-0.39, 0.29) is 5.69 Å². The van der Waals surface area contributed by atoms with Gasteiger partial charge in [0.25, 0.3) is 5.69 Å². The quantitative estimate of drug-likeness (QED) is 0.664. The summed E-state index contributed by atoms with van der Waals surface area (Å²) in [5.41, 5.74) is 2.19. The van der Waals surface area contributed by atoms with Gasteiger partial charge in [0.1, 0.15) is 0 Å². The molecule has 1 aromatic carbocycles. The van der Waals surface area contributed by atoms with Gasteiger partial charge in [-0.3, -0.25) is 10.1 Å². The van der Waals surface area contributed by atoms with Crippen molar-refractivity contribution >= 4 is 28.6 Å². The van der Waals surface area contributed by atoms with E-state index in [4.69, 9.17) is 11.6 Å². The van der Waals surface area contributed by atoms with Crippen LogP contribution in [0.3, 0.4) is 0 Å². The molecule has 0 amide bonds. The molecule has 0 saturated carbocycles. The first-order chi connectivity index (χ1) is 9.47. The largest absolute Gasteiger partial charge is 0.308 e. The Bertz CT molecular complexity index is 621. The number of non-ortho nitro benzene ring substituents is 1. The van der Waals surface area contributed by atoms with Gasteiger partial charge in [-0.2, -0.15) is 0 Å². The van der Waals surface area contributed by atoms with Crippen molar-refractivity contribution in [2.24, 2.45) is 0 Å². The molecule has 0 aliphatic carbocycles. The Hall–Kier alpha value is -1.43. The summed E-state index contributed by atoms with van der Waals surface area (Å²) in [5.74, 6) is 0. The van der Waals surface area contributed by atoms with E-state index < -0.39 is 4.92 Å². The van der Waals surface area contributed by atoms with Crippen LogP contribution in [-0.2, 0) is 13.1 Å². The highest BCUT2D eigenvalue weighted by Crippen LogP contribution is 2.23. The number of nitrogens with one attached hydrogen (secondary N) is 1. The van der Waals surface area contributed by atoms with Gasteiger partial charge in [-0.25, -0.2) is 0 Å². The Morgan fingerprint density at radius 2 is 2.05 bits per heavy atom. The number of hydrogen-bond donors (Lipinski definition) is 1. The first kappa shape index (κ1) is 15.0. The molecule has 4 nitrogen and oxygen atoms in total. The van der Waals surface area contributed by atoms with Crippen molar-refractivity contribution in [1.82, 2.24) is 5.32 Å². The van der Waals surface area contributed by atoms with E-state index in [1.807, 2.05) is 0 Å². The summed E-state index contributed by atoms with van der Waals surface area (Å²) in [6.07, 6.45) is 0. The molecular weight excluding hydrogens is 296 g/mol. The van der Waals surface area contributed by atoms with Crippen LogP contribution < -0.4 is 5.32 Å². The summed E-state index contributed by atoms with van der Waals surface area (Å²) in [6.45, 7) is 5.57. The lowest BCUT2D eigenvalue weighted by atomic mass is 10.2. The predicted octanol–water partition coefficient (Wildman–Crippen LogP) is 4.22. The fourth-order valence-corrected chi connectivity index (χ4v) is 3.12. The van der Waals surface area contributed by atoms with Crippen molar-refractivity contribution in [3.63, 3.8) is 0 Å². The third-order valence-corrected chi connectivity index (χ3v) is 4.58. The molecule has 106 valence electrons. The molecule has 0 aliphatic rings. The lowest BCUT2D eigenvalue weighted by molar-refractivity contribution is -0.384. The van der Waals surface area contributed by atoms with Gasteiger partial charge in [-0.05, 0) is 37.1 Å². The molecule has 0 spiro atoms. The van der Waals surface area contributed by atoms with Crippen LogP contribution in [0.25, 0.3) is 0 Å². The molecule has 6 heteroatoms. The molecule has 0 unspecified atom stereocenters. The first-order valence-electron chi connectivity index (χ1n) is 6.17. The van der Waals surface area contributed by atoms with Crippen LogP contribution in [0.5, 0.6) is 0 Å². The minimum absolute atomic E-state index is 0.0169. The maximum absolute atomic E-state index is 10.6. The van der Waals surface area contributed by atoms with Crippen LogP contribution in [-0.4, -0.2) is 4.92 Å². The summed E-state index contributed by atoms with van der Waals surface area (Å²) in [6, 6.07) is 6.73. The highest BCUT2D eigenvalue weighted by molar-refractivity contribution is 7.12. The number of halogens is 1. The average molecular weight is 311 g/mol. The molecular formula is C14H15ClN2O2S. The van der Waals surface area contributed by atoms with E-state index in [0.717, 1.165) is 12.1 Å². The molecule has 1 aromatic heterocycles. The first-order valence-corrected chi connectivity index (χ1v) is 7.36. The Morgan fingerprint density at radius 1 is 1.30 bits per heavy atom. The summed E-state index contributed by atoms with van der Waals surface area (Å²) < 4.78 is 0. The zero-order chi connectivity index (χ0) is 14.7. The average Bonchev–Trinajstić information content (AvgIpc) is 2.70. The fourth-order valence-electron chi connectivity index (χ4n) is 1.85. The number of hydrogen-bond acceptors (Lipinski definition) is 4. The van der Waals surface area contributed by atoms with Crippen molar-refractivity contribution in [2.75, 3.05) is 0 Å². The summed E-state index contributed by atoms with van der Waals surface area (Å²) in [5, 5.41) is 14.4. The molecule has 2 aromatic rings. The van der Waals surface area contributed by atoms with Crippen molar-refractivity contribution in [1.29, 1.82) is 0 Å². The maximum Gasteiger partial charge on any atom is 0.270 e. The van der Waals surface area contributed by atoms with Gasteiger partial charge in [0.2, 0.25) is 0 Å². The van der Waals surface area contributed by atoms with Gasteiger partial charge in [-0.15, -0.1) is 11.3 Å². The second-order valence-electron chi connectivity index (χ2n) is 4.59. The zero-order valence-electron chi connectivity index (χ0n) is 11.3. The molecule has 1 heterocycles. The second kappa shape index (κ2) is 6.35. The monoisotopic (exact) mass is 310 g/mol. The van der Waals surface area contributed by atoms with Crippen LogP contribution in [0, 0.1) is 24.0 Å². The molecule has 0 saturated heterocycles. The highest BCUT2D eigenvalue weighted by atomic mass is 35.5. The van der Waals surface area contributed by atoms with Gasteiger partial charge in [0.15, 0.2) is 0 Å². The summed E-state index contributed by atoms with van der Waals surface area (Å²) >= 11 is 7.82. The van der Waals surface area contributed by atoms with Crippen LogP contribution in [0.1, 0.15) is 20.9 Å². The summed E-state index contributed by atoms with van der Waals surface area (Å²) in [7, 11) is 0. The minimum atomic E-state index is -0.444. The van der Waals surface area contributed by atoms with Gasteiger partial charge in [0.05, 0.1) is 9.95 Å². The van der Waals surface area contributed by atoms with E-state index in [2.05, 4.69) is 25.2 Å². The van der Waals surface area contributed by atoms with Crippen LogP contribution in [0.4, 0.5) is 5.69 Å². The smallest absolute Gasteiger partial charge is 0.270 e. The van der Waals surface area contributed by atoms with Crippen molar-refractivity contribution in [3.05, 3.63) is 60.3 Å². The molecule has 20 heavy (non-hydrogen) atoms. The van der Waals surface area contributed by atoms with Gasteiger partial charge >= 0.3 is 0 Å².